The van der Waals surface area contributed by atoms with Gasteiger partial charge < -0.3 is 10.2 Å². The molecule has 0 aromatic carbocycles. The lowest BCUT2D eigenvalue weighted by Crippen LogP contribution is -2.40. The summed E-state index contributed by atoms with van der Waals surface area (Å²) < 4.78 is 0. The Morgan fingerprint density at radius 2 is 1.83 bits per heavy atom. The molecule has 1 heterocycles. The van der Waals surface area contributed by atoms with Crippen LogP contribution >= 0.6 is 24.4 Å². The van der Waals surface area contributed by atoms with Crippen LogP contribution in [-0.4, -0.2) is 26.6 Å². The van der Waals surface area contributed by atoms with Crippen LogP contribution < -0.4 is 5.32 Å². The van der Waals surface area contributed by atoms with Gasteiger partial charge in [0.2, 0.25) is 0 Å². The van der Waals surface area contributed by atoms with Crippen LogP contribution in [0.3, 0.4) is 0 Å². The molecule has 1 aliphatic heterocycles. The molecule has 12 heavy (non-hydrogen) atoms. The van der Waals surface area contributed by atoms with Gasteiger partial charge in [0.05, 0.1) is 5.54 Å². The Hall–Kier alpha value is -0.220. The highest BCUT2D eigenvalue weighted by atomic mass is 32.1. The molecular formula is C8H14N2S2. The minimum atomic E-state index is -0.156. The highest BCUT2D eigenvalue weighted by Crippen LogP contribution is 2.20. The van der Waals surface area contributed by atoms with Crippen molar-refractivity contribution < 1.29 is 0 Å². The van der Waals surface area contributed by atoms with E-state index in [9.17, 15) is 0 Å². The van der Waals surface area contributed by atoms with Crippen molar-refractivity contribution in [3.8, 4) is 0 Å². The summed E-state index contributed by atoms with van der Waals surface area (Å²) in [6.07, 6.45) is 0. The normalized spacial score (nSPS) is 21.9. The molecule has 1 fully saturated rings. The highest BCUT2D eigenvalue weighted by Gasteiger charge is 2.39. The fourth-order valence-corrected chi connectivity index (χ4v) is 2.21. The second kappa shape index (κ2) is 2.92. The zero-order chi connectivity index (χ0) is 9.52. The molecule has 0 saturated carbocycles. The fourth-order valence-electron chi connectivity index (χ4n) is 1.24. The lowest BCUT2D eigenvalue weighted by Gasteiger charge is -2.23. The smallest absolute Gasteiger partial charge is 0.174 e. The van der Waals surface area contributed by atoms with Crippen molar-refractivity contribution in [1.29, 1.82) is 0 Å². The van der Waals surface area contributed by atoms with Gasteiger partial charge in [0.25, 0.3) is 0 Å². The lowest BCUT2D eigenvalue weighted by molar-refractivity contribution is 0.513. The Labute approximate surface area is 84.3 Å². The third-order valence-electron chi connectivity index (χ3n) is 1.91. The van der Waals surface area contributed by atoms with Crippen LogP contribution in [0.1, 0.15) is 27.7 Å². The first kappa shape index (κ1) is 9.86. The SMILES string of the molecule is CC(C)N1C(=S)NC(C)(C)C1=S. The first-order chi connectivity index (χ1) is 5.36. The van der Waals surface area contributed by atoms with E-state index in [0.717, 1.165) is 10.1 Å². The molecule has 1 saturated heterocycles. The van der Waals surface area contributed by atoms with Crippen molar-refractivity contribution in [1.82, 2.24) is 10.2 Å². The molecular weight excluding hydrogens is 188 g/mol. The number of hydrogen-bond donors (Lipinski definition) is 1. The van der Waals surface area contributed by atoms with Crippen molar-refractivity contribution in [3.05, 3.63) is 0 Å². The summed E-state index contributed by atoms with van der Waals surface area (Å²) in [7, 11) is 0. The number of thiocarbonyl (C=S) groups is 2. The first-order valence-electron chi connectivity index (χ1n) is 4.02. The molecule has 1 N–H and O–H groups in total. The first-order valence-corrected chi connectivity index (χ1v) is 4.83. The average Bonchev–Trinajstić information content (AvgIpc) is 2.02. The summed E-state index contributed by atoms with van der Waals surface area (Å²) in [6.45, 7) is 8.26. The van der Waals surface area contributed by atoms with E-state index in [1.54, 1.807) is 0 Å². The minimum absolute atomic E-state index is 0.156. The van der Waals surface area contributed by atoms with Crippen LogP contribution in [-0.2, 0) is 0 Å². The molecule has 0 unspecified atom stereocenters. The van der Waals surface area contributed by atoms with E-state index in [4.69, 9.17) is 24.4 Å². The maximum atomic E-state index is 5.31. The number of nitrogens with zero attached hydrogens (tertiary/aromatic N) is 1. The van der Waals surface area contributed by atoms with Gasteiger partial charge >= 0.3 is 0 Å². The fraction of sp³-hybridized carbons (Fsp3) is 0.750. The van der Waals surface area contributed by atoms with Gasteiger partial charge in [0, 0.05) is 6.04 Å². The van der Waals surface area contributed by atoms with Crippen LogP contribution in [0.4, 0.5) is 0 Å². The van der Waals surface area contributed by atoms with Crippen LogP contribution in [0.25, 0.3) is 0 Å². The van der Waals surface area contributed by atoms with Gasteiger partial charge in [-0.1, -0.05) is 12.2 Å². The molecule has 1 rings (SSSR count). The van der Waals surface area contributed by atoms with Gasteiger partial charge in [-0.2, -0.15) is 0 Å². The van der Waals surface area contributed by atoms with Gasteiger partial charge in [-0.05, 0) is 39.9 Å². The molecule has 68 valence electrons. The summed E-state index contributed by atoms with van der Waals surface area (Å²) in [6, 6.07) is 0.347. The van der Waals surface area contributed by atoms with Crippen LogP contribution in [0.2, 0.25) is 0 Å². The van der Waals surface area contributed by atoms with E-state index in [1.165, 1.54) is 0 Å². The quantitative estimate of drug-likeness (QED) is 0.651. The Bertz CT molecular complexity index is 233. The van der Waals surface area contributed by atoms with E-state index in [2.05, 4.69) is 19.2 Å². The van der Waals surface area contributed by atoms with E-state index < -0.39 is 0 Å². The molecule has 0 atom stereocenters. The Balaban J connectivity index is 2.93. The summed E-state index contributed by atoms with van der Waals surface area (Å²) in [4.78, 5) is 2.88. The molecule has 4 heteroatoms. The summed E-state index contributed by atoms with van der Waals surface area (Å²) >= 11 is 10.5. The van der Waals surface area contributed by atoms with Crippen molar-refractivity contribution in [2.24, 2.45) is 0 Å². The molecule has 0 aromatic heterocycles. The number of rotatable bonds is 1. The molecule has 0 aromatic rings. The van der Waals surface area contributed by atoms with Crippen LogP contribution in [0, 0.1) is 0 Å². The van der Waals surface area contributed by atoms with E-state index in [0.29, 0.717) is 6.04 Å². The maximum Gasteiger partial charge on any atom is 0.174 e. The molecule has 0 bridgehead atoms. The van der Waals surface area contributed by atoms with Crippen molar-refractivity contribution in [2.75, 3.05) is 0 Å². The standard InChI is InChI=1S/C8H14N2S2/c1-5(2)10-6(11)8(3,4)9-7(10)12/h5H,1-4H3,(H,9,12). The van der Waals surface area contributed by atoms with Crippen molar-refractivity contribution >= 4 is 34.5 Å². The number of nitrogens with one attached hydrogen (secondary N) is 1. The second-order valence-electron chi connectivity index (χ2n) is 3.82. The monoisotopic (exact) mass is 202 g/mol. The van der Waals surface area contributed by atoms with Crippen LogP contribution in [0.15, 0.2) is 0 Å². The topological polar surface area (TPSA) is 15.3 Å². The molecule has 0 amide bonds. The third kappa shape index (κ3) is 1.45. The van der Waals surface area contributed by atoms with Crippen LogP contribution in [0.5, 0.6) is 0 Å². The predicted molar refractivity (Wildman–Crippen MR) is 59.4 cm³/mol. The molecule has 1 aliphatic rings. The van der Waals surface area contributed by atoms with E-state index in [-0.39, 0.29) is 5.54 Å². The minimum Gasteiger partial charge on any atom is -0.351 e. The Morgan fingerprint density at radius 3 is 2.00 bits per heavy atom. The molecule has 0 spiro atoms. The van der Waals surface area contributed by atoms with E-state index >= 15 is 0 Å². The molecule has 0 radical (unpaired) electrons. The lowest BCUT2D eigenvalue weighted by atomic mass is 10.1. The third-order valence-corrected chi connectivity index (χ3v) is 2.91. The zero-order valence-electron chi connectivity index (χ0n) is 7.84. The van der Waals surface area contributed by atoms with Gasteiger partial charge in [-0.15, -0.1) is 0 Å². The maximum absolute atomic E-state index is 5.31. The van der Waals surface area contributed by atoms with Gasteiger partial charge in [0.15, 0.2) is 5.11 Å². The summed E-state index contributed by atoms with van der Waals surface area (Å²) in [5, 5.41) is 3.94. The van der Waals surface area contributed by atoms with Crippen molar-refractivity contribution in [3.63, 3.8) is 0 Å². The van der Waals surface area contributed by atoms with Crippen molar-refractivity contribution in [2.45, 2.75) is 39.3 Å². The molecule has 2 nitrogen and oxygen atoms in total. The Kier molecular flexibility index (Phi) is 2.40. The van der Waals surface area contributed by atoms with Gasteiger partial charge in [-0.3, -0.25) is 0 Å². The summed E-state index contributed by atoms with van der Waals surface area (Å²) in [5.74, 6) is 0. The average molecular weight is 202 g/mol. The largest absolute Gasteiger partial charge is 0.351 e. The zero-order valence-corrected chi connectivity index (χ0v) is 9.47. The van der Waals surface area contributed by atoms with E-state index in [1.807, 2.05) is 18.7 Å². The predicted octanol–water partition coefficient (Wildman–Crippen LogP) is 1.69. The number of hydrogen-bond acceptors (Lipinski definition) is 2. The second-order valence-corrected chi connectivity index (χ2v) is 4.60. The van der Waals surface area contributed by atoms with Gasteiger partial charge in [0.1, 0.15) is 4.99 Å². The summed E-state index contributed by atoms with van der Waals surface area (Å²) in [5.41, 5.74) is -0.156. The Morgan fingerprint density at radius 1 is 1.33 bits per heavy atom. The highest BCUT2D eigenvalue weighted by molar-refractivity contribution is 7.82. The van der Waals surface area contributed by atoms with Gasteiger partial charge in [-0.25, -0.2) is 0 Å². The molecule has 0 aliphatic carbocycles.